The van der Waals surface area contributed by atoms with Gasteiger partial charge in [-0.05, 0) is 38.8 Å². The van der Waals surface area contributed by atoms with Gasteiger partial charge in [-0.15, -0.1) is 0 Å². The van der Waals surface area contributed by atoms with Gasteiger partial charge in [0.05, 0.1) is 5.41 Å². The summed E-state index contributed by atoms with van der Waals surface area (Å²) in [5, 5.41) is 3.28. The largest absolute Gasteiger partial charge is 0.340 e. The van der Waals surface area contributed by atoms with Crippen molar-refractivity contribution in [2.75, 3.05) is 20.1 Å². The highest BCUT2D eigenvalue weighted by atomic mass is 19.1. The van der Waals surface area contributed by atoms with E-state index in [9.17, 15) is 9.18 Å². The minimum Gasteiger partial charge on any atom is -0.340 e. The van der Waals surface area contributed by atoms with Gasteiger partial charge in [0.25, 0.3) is 0 Å². The van der Waals surface area contributed by atoms with E-state index in [0.717, 1.165) is 51.6 Å². The van der Waals surface area contributed by atoms with Gasteiger partial charge in [-0.2, -0.15) is 0 Å². The van der Waals surface area contributed by atoms with Gasteiger partial charge in [0, 0.05) is 24.7 Å². The average molecular weight is 304 g/mol. The van der Waals surface area contributed by atoms with E-state index in [2.05, 4.69) is 5.32 Å². The summed E-state index contributed by atoms with van der Waals surface area (Å²) in [7, 11) is 1.95. The number of amides is 1. The summed E-state index contributed by atoms with van der Waals surface area (Å²) in [6.07, 6.45) is 5.67. The molecule has 2 aliphatic rings. The summed E-state index contributed by atoms with van der Waals surface area (Å²) >= 11 is 0. The highest BCUT2D eigenvalue weighted by Crippen LogP contribution is 2.44. The Balaban J connectivity index is 1.91. The highest BCUT2D eigenvalue weighted by molar-refractivity contribution is 5.89. The van der Waals surface area contributed by atoms with Crippen LogP contribution in [0.15, 0.2) is 24.3 Å². The van der Waals surface area contributed by atoms with E-state index in [-0.39, 0.29) is 11.7 Å². The van der Waals surface area contributed by atoms with Crippen molar-refractivity contribution < 1.29 is 9.18 Å². The Morgan fingerprint density at radius 3 is 2.68 bits per heavy atom. The number of nitrogens with zero attached hydrogens (tertiary/aromatic N) is 1. The number of piperidine rings is 1. The van der Waals surface area contributed by atoms with Gasteiger partial charge in [-0.3, -0.25) is 4.79 Å². The Kier molecular flexibility index (Phi) is 4.48. The van der Waals surface area contributed by atoms with Crippen molar-refractivity contribution in [3.8, 4) is 0 Å². The molecule has 1 aliphatic carbocycles. The fourth-order valence-electron chi connectivity index (χ4n) is 4.13. The molecule has 1 heterocycles. The minimum absolute atomic E-state index is 0.134. The first kappa shape index (κ1) is 15.5. The van der Waals surface area contributed by atoms with Gasteiger partial charge in [-0.1, -0.05) is 31.0 Å². The van der Waals surface area contributed by atoms with Crippen LogP contribution in [0.2, 0.25) is 0 Å². The molecule has 1 atom stereocenters. The molecule has 1 N–H and O–H groups in total. The van der Waals surface area contributed by atoms with Gasteiger partial charge in [-0.25, -0.2) is 4.39 Å². The van der Waals surface area contributed by atoms with Crippen LogP contribution in [-0.2, 0) is 10.2 Å². The zero-order chi connectivity index (χ0) is 15.6. The smallest absolute Gasteiger partial charge is 0.233 e. The molecule has 1 amide bonds. The summed E-state index contributed by atoms with van der Waals surface area (Å²) in [6, 6.07) is 7.19. The second-order valence-electron chi connectivity index (χ2n) is 6.65. The lowest BCUT2D eigenvalue weighted by atomic mass is 9.76. The van der Waals surface area contributed by atoms with E-state index in [4.69, 9.17) is 0 Å². The Bertz CT molecular complexity index is 540. The molecule has 120 valence electrons. The van der Waals surface area contributed by atoms with Gasteiger partial charge in [0.1, 0.15) is 5.82 Å². The molecule has 22 heavy (non-hydrogen) atoms. The number of carbonyl (C=O) groups excluding carboxylic acids is 1. The highest BCUT2D eigenvalue weighted by Gasteiger charge is 2.46. The molecule has 3 rings (SSSR count). The Hall–Kier alpha value is -1.42. The monoisotopic (exact) mass is 304 g/mol. The van der Waals surface area contributed by atoms with Crippen LogP contribution in [0.4, 0.5) is 4.39 Å². The van der Waals surface area contributed by atoms with Crippen molar-refractivity contribution in [2.45, 2.75) is 50.0 Å². The lowest BCUT2D eigenvalue weighted by molar-refractivity contribution is -0.138. The number of likely N-dealkylation sites (N-methyl/N-ethyl adjacent to an activating group) is 1. The van der Waals surface area contributed by atoms with Crippen molar-refractivity contribution in [2.24, 2.45) is 0 Å². The van der Waals surface area contributed by atoms with Gasteiger partial charge < -0.3 is 10.2 Å². The minimum atomic E-state index is -0.638. The Labute approximate surface area is 131 Å². The number of carbonyl (C=O) groups is 1. The molecule has 3 nitrogen and oxygen atoms in total. The topological polar surface area (TPSA) is 32.3 Å². The number of hydrogen-bond donors (Lipinski definition) is 1. The van der Waals surface area contributed by atoms with E-state index in [1.165, 1.54) is 6.07 Å². The third-order valence-electron chi connectivity index (χ3n) is 5.37. The molecule has 1 aliphatic heterocycles. The SMILES string of the molecule is CNC1CCCN(C(=O)C2(c3ccccc3F)CCCC2)C1. The van der Waals surface area contributed by atoms with Gasteiger partial charge in [0.15, 0.2) is 0 Å². The zero-order valence-corrected chi connectivity index (χ0v) is 13.3. The van der Waals surface area contributed by atoms with Crippen molar-refractivity contribution in [1.29, 1.82) is 0 Å². The van der Waals surface area contributed by atoms with Crippen LogP contribution in [0, 0.1) is 5.82 Å². The Morgan fingerprint density at radius 1 is 1.27 bits per heavy atom. The van der Waals surface area contributed by atoms with E-state index < -0.39 is 5.41 Å². The lowest BCUT2D eigenvalue weighted by Gasteiger charge is -2.39. The fourth-order valence-corrected chi connectivity index (χ4v) is 4.13. The van der Waals surface area contributed by atoms with Crippen molar-refractivity contribution >= 4 is 5.91 Å². The second kappa shape index (κ2) is 6.37. The average Bonchev–Trinajstić information content (AvgIpc) is 3.05. The first-order valence-corrected chi connectivity index (χ1v) is 8.39. The van der Waals surface area contributed by atoms with Crippen LogP contribution < -0.4 is 5.32 Å². The zero-order valence-electron chi connectivity index (χ0n) is 13.3. The molecular formula is C18H25FN2O. The van der Waals surface area contributed by atoms with Crippen LogP contribution in [0.5, 0.6) is 0 Å². The summed E-state index contributed by atoms with van der Waals surface area (Å²) in [6.45, 7) is 1.54. The fraction of sp³-hybridized carbons (Fsp3) is 0.611. The maximum Gasteiger partial charge on any atom is 0.233 e. The third-order valence-corrected chi connectivity index (χ3v) is 5.37. The van der Waals surface area contributed by atoms with E-state index >= 15 is 0 Å². The van der Waals surface area contributed by atoms with Crippen molar-refractivity contribution in [1.82, 2.24) is 10.2 Å². The summed E-state index contributed by atoms with van der Waals surface area (Å²) in [4.78, 5) is 15.2. The summed E-state index contributed by atoms with van der Waals surface area (Å²) in [5.74, 6) is -0.102. The van der Waals surface area contributed by atoms with Crippen LogP contribution >= 0.6 is 0 Å². The second-order valence-corrected chi connectivity index (χ2v) is 6.65. The van der Waals surface area contributed by atoms with Crippen LogP contribution in [0.25, 0.3) is 0 Å². The first-order chi connectivity index (χ1) is 10.7. The number of nitrogens with one attached hydrogen (secondary N) is 1. The molecule has 1 saturated heterocycles. The quantitative estimate of drug-likeness (QED) is 0.931. The van der Waals surface area contributed by atoms with Crippen LogP contribution in [0.1, 0.15) is 44.1 Å². The van der Waals surface area contributed by atoms with Gasteiger partial charge in [0.2, 0.25) is 5.91 Å². The maximum absolute atomic E-state index is 14.4. The lowest BCUT2D eigenvalue weighted by Crippen LogP contribution is -2.53. The Morgan fingerprint density at radius 2 is 2.00 bits per heavy atom. The standard InChI is InChI=1S/C18H25FN2O/c1-20-14-7-6-12-21(13-14)17(22)18(10-4-5-11-18)15-8-2-3-9-16(15)19/h2-3,8-9,14,20H,4-7,10-13H2,1H3. The number of likely N-dealkylation sites (tertiary alicyclic amines) is 1. The molecule has 0 spiro atoms. The van der Waals surface area contributed by atoms with Gasteiger partial charge >= 0.3 is 0 Å². The van der Waals surface area contributed by atoms with Crippen molar-refractivity contribution in [3.05, 3.63) is 35.6 Å². The van der Waals surface area contributed by atoms with E-state index in [1.54, 1.807) is 12.1 Å². The number of benzene rings is 1. The molecule has 4 heteroatoms. The predicted octanol–water partition coefficient (Wildman–Crippen LogP) is 2.85. The van der Waals surface area contributed by atoms with Crippen molar-refractivity contribution in [3.63, 3.8) is 0 Å². The number of hydrogen-bond acceptors (Lipinski definition) is 2. The normalized spacial score (nSPS) is 24.5. The summed E-state index contributed by atoms with van der Waals surface area (Å²) < 4.78 is 14.4. The summed E-state index contributed by atoms with van der Waals surface area (Å²) in [5.41, 5.74) is -0.0369. The molecule has 1 unspecified atom stereocenters. The number of rotatable bonds is 3. The first-order valence-electron chi connectivity index (χ1n) is 8.39. The molecule has 2 fully saturated rings. The molecule has 1 saturated carbocycles. The van der Waals surface area contributed by atoms with Crippen LogP contribution in [-0.4, -0.2) is 37.0 Å². The van der Waals surface area contributed by atoms with E-state index in [1.807, 2.05) is 18.0 Å². The molecule has 1 aromatic carbocycles. The molecule has 1 aromatic rings. The predicted molar refractivity (Wildman–Crippen MR) is 85.2 cm³/mol. The molecule has 0 aromatic heterocycles. The molecule has 0 bridgehead atoms. The van der Waals surface area contributed by atoms with E-state index in [0.29, 0.717) is 11.6 Å². The maximum atomic E-state index is 14.4. The van der Waals surface area contributed by atoms with Crippen LogP contribution in [0.3, 0.4) is 0 Å². The molecule has 0 radical (unpaired) electrons. The molecular weight excluding hydrogens is 279 g/mol. The third kappa shape index (κ3) is 2.65. The number of halogens is 1.